The Kier molecular flexibility index (Phi) is 3.87. The fourth-order valence-electron chi connectivity index (χ4n) is 3.16. The number of amides is 1. The maximum atomic E-state index is 12.6. The molecule has 1 amide bonds. The summed E-state index contributed by atoms with van der Waals surface area (Å²) in [5.74, 6) is 0.851. The molecule has 1 aromatic rings. The van der Waals surface area contributed by atoms with Crippen molar-refractivity contribution in [1.82, 2.24) is 4.90 Å². The molecule has 3 rings (SSSR count). The number of anilines is 1. The summed E-state index contributed by atoms with van der Waals surface area (Å²) >= 11 is 0. The molecule has 0 saturated carbocycles. The van der Waals surface area contributed by atoms with E-state index in [0.29, 0.717) is 6.54 Å². The van der Waals surface area contributed by atoms with Gasteiger partial charge >= 0.3 is 0 Å². The van der Waals surface area contributed by atoms with Crippen molar-refractivity contribution in [2.24, 2.45) is 5.73 Å². The first kappa shape index (κ1) is 14.4. The monoisotopic (exact) mass is 289 g/mol. The van der Waals surface area contributed by atoms with Crippen molar-refractivity contribution in [3.05, 3.63) is 23.8 Å². The molecule has 1 atom stereocenters. The number of hydrogen-bond acceptors (Lipinski definition) is 4. The number of rotatable bonds is 2. The van der Waals surface area contributed by atoms with Crippen LogP contribution in [0.1, 0.15) is 25.3 Å². The second-order valence-electron chi connectivity index (χ2n) is 6.01. The number of fused-ring (bicyclic) bond motifs is 1. The molecular formula is C16H23N3O2. The van der Waals surface area contributed by atoms with Gasteiger partial charge in [-0.15, -0.1) is 0 Å². The minimum atomic E-state index is -0.416. The van der Waals surface area contributed by atoms with Gasteiger partial charge in [-0.3, -0.25) is 4.79 Å². The first-order valence-electron chi connectivity index (χ1n) is 7.61. The van der Waals surface area contributed by atoms with Crippen LogP contribution in [0, 0.1) is 0 Å². The quantitative estimate of drug-likeness (QED) is 0.893. The summed E-state index contributed by atoms with van der Waals surface area (Å²) in [7, 11) is 2.13. The van der Waals surface area contributed by atoms with Crippen LogP contribution in [0.5, 0.6) is 5.75 Å². The number of nitrogens with zero attached hydrogens (tertiary/aromatic N) is 2. The van der Waals surface area contributed by atoms with Crippen LogP contribution in [-0.4, -0.2) is 43.1 Å². The van der Waals surface area contributed by atoms with Gasteiger partial charge < -0.3 is 20.3 Å². The first-order chi connectivity index (χ1) is 10.1. The molecule has 114 valence electrons. The molecule has 2 N–H and O–H groups in total. The number of benzene rings is 1. The molecule has 2 heterocycles. The third kappa shape index (κ3) is 2.63. The highest BCUT2D eigenvalue weighted by molar-refractivity contribution is 6.00. The maximum Gasteiger partial charge on any atom is 0.268 e. The number of ether oxygens (including phenoxy) is 1. The average Bonchev–Trinajstić information content (AvgIpc) is 2.49. The predicted molar refractivity (Wildman–Crippen MR) is 82.4 cm³/mol. The number of nitrogens with two attached hydrogens (primary N) is 1. The van der Waals surface area contributed by atoms with E-state index in [1.807, 2.05) is 30.0 Å². The van der Waals surface area contributed by atoms with E-state index in [9.17, 15) is 4.79 Å². The van der Waals surface area contributed by atoms with Crippen molar-refractivity contribution in [1.29, 1.82) is 0 Å². The van der Waals surface area contributed by atoms with Crippen LogP contribution in [-0.2, 0) is 11.3 Å². The SMILES string of the molecule is CC1Oc2ccc(CN)cc2N(C2CCN(C)CC2)C1=O. The highest BCUT2D eigenvalue weighted by Crippen LogP contribution is 2.37. The first-order valence-corrected chi connectivity index (χ1v) is 7.61. The molecule has 21 heavy (non-hydrogen) atoms. The Morgan fingerprint density at radius 1 is 1.33 bits per heavy atom. The predicted octanol–water partition coefficient (Wildman–Crippen LogP) is 1.35. The van der Waals surface area contributed by atoms with Crippen LogP contribution >= 0.6 is 0 Å². The van der Waals surface area contributed by atoms with Gasteiger partial charge in [0.1, 0.15) is 5.75 Å². The van der Waals surface area contributed by atoms with E-state index in [1.54, 1.807) is 0 Å². The summed E-state index contributed by atoms with van der Waals surface area (Å²) in [6.07, 6.45) is 1.59. The van der Waals surface area contributed by atoms with Gasteiger partial charge in [-0.2, -0.15) is 0 Å². The second-order valence-corrected chi connectivity index (χ2v) is 6.01. The molecule has 0 spiro atoms. The van der Waals surface area contributed by atoms with E-state index < -0.39 is 6.10 Å². The molecule has 1 aromatic carbocycles. The van der Waals surface area contributed by atoms with Gasteiger partial charge in [-0.1, -0.05) is 6.07 Å². The fraction of sp³-hybridized carbons (Fsp3) is 0.562. The minimum absolute atomic E-state index is 0.0613. The highest BCUT2D eigenvalue weighted by atomic mass is 16.5. The van der Waals surface area contributed by atoms with Gasteiger partial charge in [0.15, 0.2) is 6.10 Å². The van der Waals surface area contributed by atoms with E-state index in [4.69, 9.17) is 10.5 Å². The van der Waals surface area contributed by atoms with Gasteiger partial charge in [-0.05, 0) is 57.6 Å². The van der Waals surface area contributed by atoms with Crippen molar-refractivity contribution in [2.75, 3.05) is 25.0 Å². The molecule has 0 aromatic heterocycles. The molecular weight excluding hydrogens is 266 g/mol. The van der Waals surface area contributed by atoms with Gasteiger partial charge in [-0.25, -0.2) is 0 Å². The number of hydrogen-bond donors (Lipinski definition) is 1. The number of carbonyl (C=O) groups is 1. The van der Waals surface area contributed by atoms with E-state index in [-0.39, 0.29) is 11.9 Å². The zero-order chi connectivity index (χ0) is 15.0. The lowest BCUT2D eigenvalue weighted by atomic mass is 10.00. The molecule has 5 heteroatoms. The largest absolute Gasteiger partial charge is 0.479 e. The highest BCUT2D eigenvalue weighted by Gasteiger charge is 2.37. The van der Waals surface area contributed by atoms with Crippen LogP contribution in [0.4, 0.5) is 5.69 Å². The molecule has 2 aliphatic rings. The number of carbonyl (C=O) groups excluding carboxylic acids is 1. The Morgan fingerprint density at radius 3 is 2.71 bits per heavy atom. The topological polar surface area (TPSA) is 58.8 Å². The molecule has 0 bridgehead atoms. The molecule has 5 nitrogen and oxygen atoms in total. The van der Waals surface area contributed by atoms with Crippen molar-refractivity contribution >= 4 is 11.6 Å². The van der Waals surface area contributed by atoms with Gasteiger partial charge in [0.05, 0.1) is 5.69 Å². The summed E-state index contributed by atoms with van der Waals surface area (Å²) in [6.45, 7) is 4.34. The van der Waals surface area contributed by atoms with E-state index in [0.717, 1.165) is 42.9 Å². The van der Waals surface area contributed by atoms with Crippen LogP contribution in [0.15, 0.2) is 18.2 Å². The number of likely N-dealkylation sites (tertiary alicyclic amines) is 1. The average molecular weight is 289 g/mol. The van der Waals surface area contributed by atoms with Crippen LogP contribution in [0.25, 0.3) is 0 Å². The van der Waals surface area contributed by atoms with Crippen molar-refractivity contribution in [3.63, 3.8) is 0 Å². The normalized spacial score (nSPS) is 23.9. The number of piperidine rings is 1. The zero-order valence-electron chi connectivity index (χ0n) is 12.7. The lowest BCUT2D eigenvalue weighted by Crippen LogP contribution is -2.52. The van der Waals surface area contributed by atoms with Gasteiger partial charge in [0.25, 0.3) is 5.91 Å². The smallest absolute Gasteiger partial charge is 0.268 e. The summed E-state index contributed by atoms with van der Waals surface area (Å²) in [6, 6.07) is 6.15. The molecule has 2 aliphatic heterocycles. The molecule has 0 radical (unpaired) electrons. The van der Waals surface area contributed by atoms with Crippen LogP contribution in [0.3, 0.4) is 0 Å². The summed E-state index contributed by atoms with van der Waals surface area (Å²) in [5.41, 5.74) is 7.65. The van der Waals surface area contributed by atoms with Crippen LogP contribution < -0.4 is 15.4 Å². The second kappa shape index (κ2) is 5.66. The standard InChI is InChI=1S/C16H23N3O2/c1-11-16(20)19(13-5-7-18(2)8-6-13)14-9-12(10-17)3-4-15(14)21-11/h3-4,9,11,13H,5-8,10,17H2,1-2H3. The van der Waals surface area contributed by atoms with E-state index in [1.165, 1.54) is 0 Å². The Hall–Kier alpha value is -1.59. The van der Waals surface area contributed by atoms with Crippen molar-refractivity contribution < 1.29 is 9.53 Å². The van der Waals surface area contributed by atoms with Crippen LogP contribution in [0.2, 0.25) is 0 Å². The minimum Gasteiger partial charge on any atom is -0.479 e. The maximum absolute atomic E-state index is 12.6. The van der Waals surface area contributed by atoms with Crippen molar-refractivity contribution in [2.45, 2.75) is 38.5 Å². The Morgan fingerprint density at radius 2 is 2.05 bits per heavy atom. The lowest BCUT2D eigenvalue weighted by molar-refractivity contribution is -0.126. The fourth-order valence-corrected chi connectivity index (χ4v) is 3.16. The Labute approximate surface area is 125 Å². The van der Waals surface area contributed by atoms with Gasteiger partial charge in [0.2, 0.25) is 0 Å². The third-order valence-corrected chi connectivity index (χ3v) is 4.46. The summed E-state index contributed by atoms with van der Waals surface area (Å²) in [5, 5.41) is 0. The molecule has 1 unspecified atom stereocenters. The van der Waals surface area contributed by atoms with Gasteiger partial charge in [0, 0.05) is 12.6 Å². The van der Waals surface area contributed by atoms with Crippen molar-refractivity contribution in [3.8, 4) is 5.75 Å². The molecule has 0 aliphatic carbocycles. The Balaban J connectivity index is 1.96. The zero-order valence-corrected chi connectivity index (χ0v) is 12.7. The Bertz CT molecular complexity index is 538. The van der Waals surface area contributed by atoms with E-state index in [2.05, 4.69) is 11.9 Å². The summed E-state index contributed by atoms with van der Waals surface area (Å²) < 4.78 is 5.74. The summed E-state index contributed by atoms with van der Waals surface area (Å²) in [4.78, 5) is 16.9. The third-order valence-electron chi connectivity index (χ3n) is 4.46. The molecule has 1 saturated heterocycles. The lowest BCUT2D eigenvalue weighted by Gasteiger charge is -2.41. The van der Waals surface area contributed by atoms with E-state index >= 15 is 0 Å². The molecule has 1 fully saturated rings.